The number of guanidine groups is 1. The van der Waals surface area contributed by atoms with E-state index in [1.807, 2.05) is 12.1 Å². The minimum Gasteiger partial charge on any atom is -0.370 e. The number of rotatable bonds is 4. The zero-order chi connectivity index (χ0) is 18.8. The lowest BCUT2D eigenvalue weighted by atomic mass is 9.90. The van der Waals surface area contributed by atoms with E-state index in [9.17, 15) is 9.59 Å². The maximum absolute atomic E-state index is 12.3. The van der Waals surface area contributed by atoms with Crippen LogP contribution in [0, 0.1) is 0 Å². The summed E-state index contributed by atoms with van der Waals surface area (Å²) < 4.78 is 0. The Bertz CT molecular complexity index is 901. The van der Waals surface area contributed by atoms with Crippen molar-refractivity contribution in [1.29, 1.82) is 0 Å². The van der Waals surface area contributed by atoms with Crippen LogP contribution in [0.5, 0.6) is 0 Å². The van der Waals surface area contributed by atoms with Crippen LogP contribution in [0.3, 0.4) is 0 Å². The zero-order valence-electron chi connectivity index (χ0n) is 15.1. The number of hydrogen-bond donors (Lipinski definition) is 2. The smallest absolute Gasteiger partial charge is 0.261 e. The maximum atomic E-state index is 12.3. The number of imide groups is 1. The third-order valence-electron chi connectivity index (χ3n) is 5.14. The van der Waals surface area contributed by atoms with Crippen LogP contribution >= 0.6 is 0 Å². The van der Waals surface area contributed by atoms with Crippen LogP contribution in [-0.4, -0.2) is 35.8 Å². The number of carbonyl (C=O) groups is 2. The molecule has 0 radical (unpaired) electrons. The van der Waals surface area contributed by atoms with Crippen molar-refractivity contribution < 1.29 is 9.59 Å². The zero-order valence-corrected chi connectivity index (χ0v) is 15.1. The van der Waals surface area contributed by atoms with E-state index >= 15 is 0 Å². The van der Waals surface area contributed by atoms with Crippen LogP contribution in [0.1, 0.15) is 44.7 Å². The van der Waals surface area contributed by atoms with Gasteiger partial charge in [-0.05, 0) is 55.0 Å². The van der Waals surface area contributed by atoms with Crippen molar-refractivity contribution in [2.45, 2.75) is 25.7 Å². The molecule has 2 aromatic carbocycles. The Balaban J connectivity index is 1.40. The molecule has 1 heterocycles. The van der Waals surface area contributed by atoms with E-state index in [-0.39, 0.29) is 24.9 Å². The molecule has 6 heteroatoms. The molecule has 4 rings (SSSR count). The monoisotopic (exact) mass is 362 g/mol. The highest BCUT2D eigenvalue weighted by Crippen LogP contribution is 2.27. The number of benzene rings is 2. The molecular weight excluding hydrogens is 340 g/mol. The summed E-state index contributed by atoms with van der Waals surface area (Å²) in [4.78, 5) is 30.2. The fourth-order valence-electron chi connectivity index (χ4n) is 3.79. The van der Waals surface area contributed by atoms with Gasteiger partial charge in [0.25, 0.3) is 11.8 Å². The minimum atomic E-state index is -0.269. The Morgan fingerprint density at radius 2 is 1.70 bits per heavy atom. The van der Waals surface area contributed by atoms with Crippen molar-refractivity contribution in [2.24, 2.45) is 10.7 Å². The minimum absolute atomic E-state index is 0.210. The lowest BCUT2D eigenvalue weighted by Crippen LogP contribution is -2.33. The van der Waals surface area contributed by atoms with Crippen LogP contribution in [0.15, 0.2) is 47.5 Å². The topological polar surface area (TPSA) is 87.8 Å². The normalized spacial score (nSPS) is 16.3. The molecule has 2 amide bonds. The Hall–Kier alpha value is -3.15. The van der Waals surface area contributed by atoms with Gasteiger partial charge in [-0.15, -0.1) is 0 Å². The van der Waals surface area contributed by atoms with E-state index in [2.05, 4.69) is 16.4 Å². The lowest BCUT2D eigenvalue weighted by molar-refractivity contribution is 0.0659. The van der Waals surface area contributed by atoms with E-state index in [1.54, 1.807) is 24.3 Å². The molecule has 1 aliphatic carbocycles. The number of fused-ring (bicyclic) bond motifs is 2. The number of aliphatic imine (C=N–C) groups is 1. The SMILES string of the molecule is NC(=NCCN1C(=O)c2ccccc2C1=O)Nc1cccc2c1CCCC2. The third-order valence-corrected chi connectivity index (χ3v) is 5.14. The number of carbonyl (C=O) groups excluding carboxylic acids is 2. The van der Waals surface area contributed by atoms with Crippen molar-refractivity contribution in [2.75, 3.05) is 18.4 Å². The first-order valence-corrected chi connectivity index (χ1v) is 9.28. The average molecular weight is 362 g/mol. The highest BCUT2D eigenvalue weighted by atomic mass is 16.2. The number of nitrogens with two attached hydrogens (primary N) is 1. The average Bonchev–Trinajstić information content (AvgIpc) is 2.93. The van der Waals surface area contributed by atoms with Crippen LogP contribution in [0.4, 0.5) is 5.69 Å². The second-order valence-electron chi connectivity index (χ2n) is 6.85. The maximum Gasteiger partial charge on any atom is 0.261 e. The molecule has 0 fully saturated rings. The first-order valence-electron chi connectivity index (χ1n) is 9.28. The molecule has 0 spiro atoms. The molecule has 1 aliphatic heterocycles. The molecule has 0 saturated carbocycles. The second kappa shape index (κ2) is 7.23. The van der Waals surface area contributed by atoms with Crippen molar-refractivity contribution in [3.05, 3.63) is 64.7 Å². The predicted molar refractivity (Wildman–Crippen MR) is 105 cm³/mol. The fourth-order valence-corrected chi connectivity index (χ4v) is 3.79. The summed E-state index contributed by atoms with van der Waals surface area (Å²) in [5.41, 5.74) is 10.6. The van der Waals surface area contributed by atoms with Gasteiger partial charge in [0.05, 0.1) is 17.7 Å². The Morgan fingerprint density at radius 3 is 2.44 bits per heavy atom. The van der Waals surface area contributed by atoms with E-state index in [0.29, 0.717) is 17.1 Å². The molecule has 6 nitrogen and oxygen atoms in total. The first-order chi connectivity index (χ1) is 13.1. The molecule has 0 atom stereocenters. The van der Waals surface area contributed by atoms with Gasteiger partial charge in [0, 0.05) is 12.2 Å². The number of nitrogens with one attached hydrogen (secondary N) is 1. The summed E-state index contributed by atoms with van der Waals surface area (Å²) in [5.74, 6) is -0.241. The van der Waals surface area contributed by atoms with Crippen molar-refractivity contribution >= 4 is 23.5 Å². The number of anilines is 1. The van der Waals surface area contributed by atoms with Gasteiger partial charge in [-0.3, -0.25) is 19.5 Å². The summed E-state index contributed by atoms with van der Waals surface area (Å²) in [5, 5.41) is 3.17. The quantitative estimate of drug-likeness (QED) is 0.497. The largest absolute Gasteiger partial charge is 0.370 e. The number of aryl methyl sites for hydroxylation is 1. The predicted octanol–water partition coefficient (Wildman–Crippen LogP) is 2.59. The van der Waals surface area contributed by atoms with Gasteiger partial charge >= 0.3 is 0 Å². The van der Waals surface area contributed by atoms with E-state index in [4.69, 9.17) is 5.73 Å². The Morgan fingerprint density at radius 1 is 1.00 bits per heavy atom. The van der Waals surface area contributed by atoms with Gasteiger partial charge in [-0.1, -0.05) is 24.3 Å². The molecule has 0 unspecified atom stereocenters. The summed E-state index contributed by atoms with van der Waals surface area (Å²) in [6.07, 6.45) is 4.55. The third kappa shape index (κ3) is 3.30. The van der Waals surface area contributed by atoms with Crippen LogP contribution in [0.25, 0.3) is 0 Å². The lowest BCUT2D eigenvalue weighted by Gasteiger charge is -2.20. The standard InChI is InChI=1S/C21H22N4O2/c22-21(24-18-11-5-7-14-6-1-2-8-15(14)18)23-12-13-25-19(26)16-9-3-4-10-17(16)20(25)27/h3-5,7,9-11H,1-2,6,8,12-13H2,(H3,22,23,24). The molecule has 2 aliphatic rings. The fraction of sp³-hybridized carbons (Fsp3) is 0.286. The Labute approximate surface area is 158 Å². The molecule has 0 bridgehead atoms. The molecule has 3 N–H and O–H groups in total. The van der Waals surface area contributed by atoms with Gasteiger partial charge in [-0.2, -0.15) is 0 Å². The van der Waals surface area contributed by atoms with Crippen molar-refractivity contribution in [1.82, 2.24) is 4.90 Å². The first kappa shape index (κ1) is 17.3. The molecule has 138 valence electrons. The van der Waals surface area contributed by atoms with Crippen molar-refractivity contribution in [3.63, 3.8) is 0 Å². The van der Waals surface area contributed by atoms with E-state index in [1.165, 1.54) is 28.9 Å². The van der Waals surface area contributed by atoms with Gasteiger partial charge in [0.2, 0.25) is 0 Å². The molecule has 2 aromatic rings. The van der Waals surface area contributed by atoms with Crippen LogP contribution < -0.4 is 11.1 Å². The summed E-state index contributed by atoms with van der Waals surface area (Å²) >= 11 is 0. The number of nitrogens with zero attached hydrogens (tertiary/aromatic N) is 2. The number of hydrogen-bond acceptors (Lipinski definition) is 3. The highest BCUT2D eigenvalue weighted by molar-refractivity contribution is 6.21. The van der Waals surface area contributed by atoms with Crippen LogP contribution in [-0.2, 0) is 12.8 Å². The molecular formula is C21H22N4O2. The van der Waals surface area contributed by atoms with Crippen LogP contribution in [0.2, 0.25) is 0 Å². The second-order valence-corrected chi connectivity index (χ2v) is 6.85. The highest BCUT2D eigenvalue weighted by Gasteiger charge is 2.34. The van der Waals surface area contributed by atoms with Gasteiger partial charge in [-0.25, -0.2) is 0 Å². The number of amides is 2. The van der Waals surface area contributed by atoms with E-state index in [0.717, 1.165) is 18.5 Å². The molecule has 0 aromatic heterocycles. The molecule has 27 heavy (non-hydrogen) atoms. The summed E-state index contributed by atoms with van der Waals surface area (Å²) in [7, 11) is 0. The van der Waals surface area contributed by atoms with Gasteiger partial charge in [0.1, 0.15) is 0 Å². The molecule has 0 saturated heterocycles. The van der Waals surface area contributed by atoms with Crippen molar-refractivity contribution in [3.8, 4) is 0 Å². The summed E-state index contributed by atoms with van der Waals surface area (Å²) in [6.45, 7) is 0.473. The van der Waals surface area contributed by atoms with E-state index < -0.39 is 0 Å². The van der Waals surface area contributed by atoms with Gasteiger partial charge < -0.3 is 11.1 Å². The van der Waals surface area contributed by atoms with Gasteiger partial charge in [0.15, 0.2) is 5.96 Å². The summed E-state index contributed by atoms with van der Waals surface area (Å²) in [6, 6.07) is 13.1. The Kier molecular flexibility index (Phi) is 4.62.